The highest BCUT2D eigenvalue weighted by Crippen LogP contribution is 2.50. The second-order valence-electron chi connectivity index (χ2n) is 12.4. The Labute approximate surface area is 286 Å². The van der Waals surface area contributed by atoms with Gasteiger partial charge in [0.2, 0.25) is 0 Å². The number of aryl methyl sites for hydroxylation is 2. The summed E-state index contributed by atoms with van der Waals surface area (Å²) < 4.78 is 31.1. The normalized spacial score (nSPS) is 12.6. The van der Waals surface area contributed by atoms with Gasteiger partial charge in [0.25, 0.3) is 0 Å². The van der Waals surface area contributed by atoms with E-state index in [-0.39, 0.29) is 0 Å². The first-order chi connectivity index (χ1) is 23.3. The first kappa shape index (κ1) is 33.4. The Bertz CT molecular complexity index is 1800. The van der Waals surface area contributed by atoms with Gasteiger partial charge >= 0.3 is 17.1 Å². The van der Waals surface area contributed by atoms with Crippen molar-refractivity contribution in [2.45, 2.75) is 53.4 Å². The van der Waals surface area contributed by atoms with Gasteiger partial charge in [0.1, 0.15) is 23.0 Å². The zero-order valence-electron chi connectivity index (χ0n) is 28.3. The van der Waals surface area contributed by atoms with Gasteiger partial charge in [0.15, 0.2) is 0 Å². The van der Waals surface area contributed by atoms with E-state index in [4.69, 9.17) is 18.1 Å². The van der Waals surface area contributed by atoms with Crippen LogP contribution in [0.3, 0.4) is 0 Å². The Morgan fingerprint density at radius 1 is 0.438 bits per heavy atom. The molecule has 4 aromatic carbocycles. The standard InChI is InChI=1S/C40H42N2O4P2/c1-29(2)33-21-19-31(5)27-39(33)45-47(41-23-11-12-24-41)43-37-17-9-7-15-35(37)36-16-8-10-18-38(36)44-48(42-25-13-14-26-42)46-40-28-32(6)20-22-34(40)30(3)4/h7-30H,1-6H3. The minimum Gasteiger partial charge on any atom is -0.422 e. The van der Waals surface area contributed by atoms with E-state index < -0.39 is 17.1 Å². The highest BCUT2D eigenvalue weighted by molar-refractivity contribution is 7.46. The summed E-state index contributed by atoms with van der Waals surface area (Å²) in [5, 5.41) is 0. The molecule has 0 spiro atoms. The van der Waals surface area contributed by atoms with Gasteiger partial charge in [0.05, 0.1) is 0 Å². The van der Waals surface area contributed by atoms with Crippen molar-refractivity contribution in [1.82, 2.24) is 8.68 Å². The second-order valence-corrected chi connectivity index (χ2v) is 15.0. The van der Waals surface area contributed by atoms with Crippen molar-refractivity contribution in [3.8, 4) is 34.1 Å². The van der Waals surface area contributed by atoms with Crippen LogP contribution in [0, 0.1) is 13.8 Å². The molecule has 2 unspecified atom stereocenters. The smallest absolute Gasteiger partial charge is 0.421 e. The molecule has 0 bridgehead atoms. The van der Waals surface area contributed by atoms with Crippen molar-refractivity contribution in [2.24, 2.45) is 0 Å². The van der Waals surface area contributed by atoms with Gasteiger partial charge in [-0.25, -0.2) is 0 Å². The Balaban J connectivity index is 1.35. The van der Waals surface area contributed by atoms with E-state index in [9.17, 15) is 0 Å². The Morgan fingerprint density at radius 2 is 0.792 bits per heavy atom. The fraction of sp³-hybridized carbons (Fsp3) is 0.200. The highest BCUT2D eigenvalue weighted by Gasteiger charge is 2.25. The van der Waals surface area contributed by atoms with Crippen molar-refractivity contribution >= 4 is 17.1 Å². The van der Waals surface area contributed by atoms with Crippen LogP contribution < -0.4 is 18.1 Å². The van der Waals surface area contributed by atoms with Gasteiger partial charge < -0.3 is 18.1 Å². The maximum Gasteiger partial charge on any atom is 0.421 e. The van der Waals surface area contributed by atoms with Gasteiger partial charge in [-0.1, -0.05) is 88.4 Å². The van der Waals surface area contributed by atoms with Crippen LogP contribution in [0.1, 0.15) is 61.8 Å². The number of aromatic nitrogens is 2. The van der Waals surface area contributed by atoms with Crippen molar-refractivity contribution in [1.29, 1.82) is 0 Å². The van der Waals surface area contributed by atoms with Crippen LogP contribution in [-0.4, -0.2) is 8.68 Å². The summed E-state index contributed by atoms with van der Waals surface area (Å²) in [6.45, 7) is 12.9. The second kappa shape index (κ2) is 15.2. The largest absolute Gasteiger partial charge is 0.422 e. The summed E-state index contributed by atoms with van der Waals surface area (Å²) in [6, 6.07) is 36.8. The topological polar surface area (TPSA) is 46.8 Å². The van der Waals surface area contributed by atoms with Crippen LogP contribution in [-0.2, 0) is 0 Å². The van der Waals surface area contributed by atoms with Crippen molar-refractivity contribution in [3.05, 3.63) is 156 Å². The highest BCUT2D eigenvalue weighted by atomic mass is 31.2. The molecule has 8 heteroatoms. The molecule has 0 aliphatic heterocycles. The minimum atomic E-state index is -1.58. The molecule has 0 radical (unpaired) electrons. The minimum absolute atomic E-state index is 0.298. The molecule has 48 heavy (non-hydrogen) atoms. The first-order valence-corrected chi connectivity index (χ1v) is 18.5. The van der Waals surface area contributed by atoms with Crippen molar-refractivity contribution in [2.75, 3.05) is 0 Å². The predicted octanol–water partition coefficient (Wildman–Crippen LogP) is 12.3. The molecule has 2 atom stereocenters. The summed E-state index contributed by atoms with van der Waals surface area (Å²) in [4.78, 5) is 0. The Kier molecular flexibility index (Phi) is 10.5. The van der Waals surface area contributed by atoms with Gasteiger partial charge in [-0.05, 0) is 96.5 Å². The fourth-order valence-corrected chi connectivity index (χ4v) is 7.87. The van der Waals surface area contributed by atoms with E-state index in [1.807, 2.05) is 94.1 Å². The molecule has 0 N–H and O–H groups in total. The Morgan fingerprint density at radius 3 is 1.17 bits per heavy atom. The van der Waals surface area contributed by atoms with E-state index in [2.05, 4.69) is 90.1 Å². The lowest BCUT2D eigenvalue weighted by Crippen LogP contribution is -2.07. The maximum atomic E-state index is 6.82. The molecule has 0 aliphatic carbocycles. The van der Waals surface area contributed by atoms with Gasteiger partial charge in [-0.15, -0.1) is 0 Å². The van der Waals surface area contributed by atoms with E-state index in [0.29, 0.717) is 23.3 Å². The molecule has 0 amide bonds. The summed E-state index contributed by atoms with van der Waals surface area (Å²) in [6.07, 6.45) is 7.92. The average molecular weight is 677 g/mol. The number of hydrogen-bond donors (Lipinski definition) is 0. The summed E-state index contributed by atoms with van der Waals surface area (Å²) >= 11 is 0. The SMILES string of the molecule is Cc1ccc(C(C)C)c(OP(Oc2ccccc2-c2ccccc2OP(Oc2cc(C)ccc2C(C)C)n2cccc2)n2cccc2)c1. The molecule has 0 aliphatic rings. The van der Waals surface area contributed by atoms with Gasteiger partial charge in [-0.3, -0.25) is 8.68 Å². The van der Waals surface area contributed by atoms with Crippen LogP contribution in [0.15, 0.2) is 134 Å². The van der Waals surface area contributed by atoms with E-state index >= 15 is 0 Å². The molecule has 0 fully saturated rings. The number of para-hydroxylation sites is 2. The van der Waals surface area contributed by atoms with E-state index in [1.54, 1.807) is 0 Å². The molecular weight excluding hydrogens is 634 g/mol. The fourth-order valence-electron chi connectivity index (χ4n) is 5.36. The van der Waals surface area contributed by atoms with Gasteiger partial charge in [-0.2, -0.15) is 0 Å². The lowest BCUT2D eigenvalue weighted by Gasteiger charge is -2.24. The molecule has 0 saturated heterocycles. The number of benzene rings is 4. The number of rotatable bonds is 13. The summed E-state index contributed by atoms with van der Waals surface area (Å²) in [5.74, 6) is 3.65. The molecule has 6 nitrogen and oxygen atoms in total. The zero-order valence-corrected chi connectivity index (χ0v) is 30.1. The molecule has 6 rings (SSSR count). The van der Waals surface area contributed by atoms with Crippen LogP contribution >= 0.6 is 17.1 Å². The predicted molar refractivity (Wildman–Crippen MR) is 198 cm³/mol. The van der Waals surface area contributed by atoms with Crippen molar-refractivity contribution in [3.63, 3.8) is 0 Å². The third-order valence-corrected chi connectivity index (χ3v) is 10.6. The molecule has 246 valence electrons. The molecule has 0 saturated carbocycles. The lowest BCUT2D eigenvalue weighted by atomic mass is 10.0. The summed E-state index contributed by atoms with van der Waals surface area (Å²) in [7, 11) is -3.17. The zero-order chi connectivity index (χ0) is 33.6. The number of nitrogens with zero attached hydrogens (tertiary/aromatic N) is 2. The first-order valence-electron chi connectivity index (χ1n) is 16.2. The van der Waals surface area contributed by atoms with Crippen LogP contribution in [0.5, 0.6) is 23.0 Å². The third kappa shape index (κ3) is 7.79. The molecule has 6 aromatic rings. The lowest BCUT2D eigenvalue weighted by molar-refractivity contribution is 0.470. The molecular formula is C40H42N2O4P2. The maximum absolute atomic E-state index is 6.82. The average Bonchev–Trinajstić information content (AvgIpc) is 3.80. The van der Waals surface area contributed by atoms with Crippen molar-refractivity contribution < 1.29 is 18.1 Å². The number of hydrogen-bond acceptors (Lipinski definition) is 4. The molecule has 2 heterocycles. The van der Waals surface area contributed by atoms with E-state index in [1.165, 1.54) is 0 Å². The quantitative estimate of drug-likeness (QED) is 0.114. The van der Waals surface area contributed by atoms with Gasteiger partial charge in [0, 0.05) is 35.9 Å². The monoisotopic (exact) mass is 676 g/mol. The summed E-state index contributed by atoms with van der Waals surface area (Å²) in [5.41, 5.74) is 6.34. The Hall–Kier alpha value is -4.50. The molecule has 2 aromatic heterocycles. The van der Waals surface area contributed by atoms with E-state index in [0.717, 1.165) is 44.9 Å². The van der Waals surface area contributed by atoms with Crippen LogP contribution in [0.4, 0.5) is 0 Å². The van der Waals surface area contributed by atoms with Crippen LogP contribution in [0.2, 0.25) is 0 Å². The van der Waals surface area contributed by atoms with Crippen LogP contribution in [0.25, 0.3) is 11.1 Å². The third-order valence-electron chi connectivity index (χ3n) is 7.91.